The average Bonchev–Trinajstić information content (AvgIpc) is 3.29. The summed E-state index contributed by atoms with van der Waals surface area (Å²) >= 11 is 0. The zero-order valence-corrected chi connectivity index (χ0v) is 17.7. The number of rotatable bonds is 5. The molecule has 0 saturated carbocycles. The summed E-state index contributed by atoms with van der Waals surface area (Å²) in [5.74, 6) is -0.793. The SMILES string of the molecule is Cc1c(N(C)CC2(O)CCN(Cc3ccccc3)C2)nn2c(C(F)(F)F)nnc2c1C. The molecule has 7 nitrogen and oxygen atoms in total. The van der Waals surface area contributed by atoms with Crippen LogP contribution in [-0.4, -0.2) is 62.1 Å². The number of fused-ring (bicyclic) bond motifs is 1. The van der Waals surface area contributed by atoms with Crippen molar-refractivity contribution in [2.75, 3.05) is 31.6 Å². The van der Waals surface area contributed by atoms with E-state index in [9.17, 15) is 18.3 Å². The fraction of sp³-hybridized carbons (Fsp3) is 0.476. The van der Waals surface area contributed by atoms with Gasteiger partial charge in [0.05, 0.1) is 5.60 Å². The lowest BCUT2D eigenvalue weighted by Gasteiger charge is -2.30. The Bertz CT molecular complexity index is 1080. The highest BCUT2D eigenvalue weighted by molar-refractivity contribution is 5.59. The first kappa shape index (κ1) is 21.5. The van der Waals surface area contributed by atoms with Gasteiger partial charge >= 0.3 is 6.18 Å². The molecule has 10 heteroatoms. The number of halogens is 3. The number of aryl methyl sites for hydroxylation is 1. The van der Waals surface area contributed by atoms with Crippen LogP contribution in [0.4, 0.5) is 19.0 Å². The standard InChI is InChI=1S/C21H25F3N6O/c1-14-15(2)18(27-30-17(14)25-26-19(30)21(22,23)24)28(3)12-20(31)9-10-29(13-20)11-16-7-5-4-6-8-16/h4-8,31H,9-13H2,1-3H3. The van der Waals surface area contributed by atoms with E-state index in [1.807, 2.05) is 30.3 Å². The molecule has 0 spiro atoms. The topological polar surface area (TPSA) is 69.8 Å². The Labute approximate surface area is 178 Å². The lowest BCUT2D eigenvalue weighted by Crippen LogP contribution is -2.44. The second-order valence-corrected chi connectivity index (χ2v) is 8.36. The van der Waals surface area contributed by atoms with Crippen molar-refractivity contribution in [2.45, 2.75) is 38.6 Å². The van der Waals surface area contributed by atoms with Gasteiger partial charge in [-0.05, 0) is 25.8 Å². The van der Waals surface area contributed by atoms with Gasteiger partial charge in [-0.15, -0.1) is 15.3 Å². The molecular formula is C21H25F3N6O. The molecule has 2 aromatic heterocycles. The van der Waals surface area contributed by atoms with Gasteiger partial charge in [0.15, 0.2) is 11.5 Å². The van der Waals surface area contributed by atoms with Gasteiger partial charge in [0, 0.05) is 44.4 Å². The number of hydrogen-bond acceptors (Lipinski definition) is 6. The van der Waals surface area contributed by atoms with Crippen LogP contribution >= 0.6 is 0 Å². The second-order valence-electron chi connectivity index (χ2n) is 8.36. The molecule has 1 fully saturated rings. The van der Waals surface area contributed by atoms with E-state index in [1.54, 1.807) is 25.8 Å². The largest absolute Gasteiger partial charge is 0.453 e. The first-order chi connectivity index (χ1) is 14.6. The van der Waals surface area contributed by atoms with E-state index in [1.165, 1.54) is 5.56 Å². The van der Waals surface area contributed by atoms with Gasteiger partial charge in [0.25, 0.3) is 5.82 Å². The fourth-order valence-corrected chi connectivity index (χ4v) is 4.22. The third kappa shape index (κ3) is 4.22. The molecule has 1 aliphatic heterocycles. The van der Waals surface area contributed by atoms with E-state index in [4.69, 9.17) is 0 Å². The maximum Gasteiger partial charge on any atom is 0.453 e. The Morgan fingerprint density at radius 3 is 2.52 bits per heavy atom. The number of anilines is 1. The molecule has 0 radical (unpaired) electrons. The van der Waals surface area contributed by atoms with E-state index in [2.05, 4.69) is 20.2 Å². The molecule has 3 heterocycles. The Balaban J connectivity index is 1.55. The number of likely N-dealkylation sites (N-methyl/N-ethyl adjacent to an activating group) is 1. The molecule has 1 atom stereocenters. The molecular weight excluding hydrogens is 409 g/mol. The lowest BCUT2D eigenvalue weighted by atomic mass is 10.0. The number of benzene rings is 1. The van der Waals surface area contributed by atoms with Crippen molar-refractivity contribution in [1.82, 2.24) is 24.7 Å². The summed E-state index contributed by atoms with van der Waals surface area (Å²) in [6.07, 6.45) is -4.09. The van der Waals surface area contributed by atoms with E-state index in [-0.39, 0.29) is 12.2 Å². The van der Waals surface area contributed by atoms with Gasteiger partial charge in [0.2, 0.25) is 0 Å². The van der Waals surface area contributed by atoms with Crippen molar-refractivity contribution in [3.63, 3.8) is 0 Å². The highest BCUT2D eigenvalue weighted by Crippen LogP contribution is 2.31. The number of hydrogen-bond donors (Lipinski definition) is 1. The van der Waals surface area contributed by atoms with Gasteiger partial charge in [0.1, 0.15) is 0 Å². The molecule has 3 aromatic rings. The quantitative estimate of drug-likeness (QED) is 0.666. The summed E-state index contributed by atoms with van der Waals surface area (Å²) < 4.78 is 40.7. The van der Waals surface area contributed by atoms with Crippen molar-refractivity contribution in [1.29, 1.82) is 0 Å². The van der Waals surface area contributed by atoms with Crippen molar-refractivity contribution >= 4 is 11.5 Å². The average molecular weight is 434 g/mol. The molecule has 1 aromatic carbocycles. The molecule has 1 unspecified atom stereocenters. The molecule has 0 aliphatic carbocycles. The van der Waals surface area contributed by atoms with Crippen LogP contribution < -0.4 is 4.90 Å². The van der Waals surface area contributed by atoms with E-state index in [0.29, 0.717) is 29.9 Å². The number of alkyl halides is 3. The minimum Gasteiger partial charge on any atom is -0.387 e. The summed E-state index contributed by atoms with van der Waals surface area (Å²) in [5.41, 5.74) is 1.55. The molecule has 31 heavy (non-hydrogen) atoms. The van der Waals surface area contributed by atoms with E-state index < -0.39 is 17.6 Å². The summed E-state index contributed by atoms with van der Waals surface area (Å²) in [5, 5.41) is 22.3. The first-order valence-electron chi connectivity index (χ1n) is 10.1. The van der Waals surface area contributed by atoms with Crippen LogP contribution in [-0.2, 0) is 12.7 Å². The third-order valence-electron chi connectivity index (χ3n) is 5.88. The smallest absolute Gasteiger partial charge is 0.387 e. The van der Waals surface area contributed by atoms with Crippen molar-refractivity contribution in [3.05, 3.63) is 52.8 Å². The van der Waals surface area contributed by atoms with Crippen molar-refractivity contribution in [3.8, 4) is 0 Å². The predicted molar refractivity (Wildman–Crippen MR) is 110 cm³/mol. The van der Waals surface area contributed by atoms with Gasteiger partial charge < -0.3 is 10.0 Å². The first-order valence-corrected chi connectivity index (χ1v) is 10.1. The van der Waals surface area contributed by atoms with Crippen LogP contribution in [0.1, 0.15) is 28.9 Å². The van der Waals surface area contributed by atoms with Gasteiger partial charge in [-0.1, -0.05) is 30.3 Å². The number of nitrogens with zero attached hydrogens (tertiary/aromatic N) is 6. The molecule has 1 aliphatic rings. The molecule has 1 saturated heterocycles. The van der Waals surface area contributed by atoms with Crippen LogP contribution in [0.5, 0.6) is 0 Å². The van der Waals surface area contributed by atoms with Crippen LogP contribution in [0.15, 0.2) is 30.3 Å². The minimum absolute atomic E-state index is 0.0792. The maximum atomic E-state index is 13.3. The zero-order valence-electron chi connectivity index (χ0n) is 17.7. The summed E-state index contributed by atoms with van der Waals surface area (Å²) in [6, 6.07) is 10.0. The summed E-state index contributed by atoms with van der Waals surface area (Å²) in [6.45, 7) is 5.70. The summed E-state index contributed by atoms with van der Waals surface area (Å²) in [4.78, 5) is 3.90. The lowest BCUT2D eigenvalue weighted by molar-refractivity contribution is -0.146. The van der Waals surface area contributed by atoms with Crippen LogP contribution in [0, 0.1) is 13.8 Å². The van der Waals surface area contributed by atoms with Gasteiger partial charge in [-0.25, -0.2) is 0 Å². The summed E-state index contributed by atoms with van der Waals surface area (Å²) in [7, 11) is 1.73. The molecule has 4 rings (SSSR count). The van der Waals surface area contributed by atoms with Crippen LogP contribution in [0.25, 0.3) is 5.65 Å². The number of aromatic nitrogens is 4. The molecule has 0 amide bonds. The second kappa shape index (κ2) is 7.76. The molecule has 166 valence electrons. The molecule has 0 bridgehead atoms. The predicted octanol–water partition coefficient (Wildman–Crippen LogP) is 2.83. The highest BCUT2D eigenvalue weighted by atomic mass is 19.4. The Kier molecular flexibility index (Phi) is 5.38. The normalized spacial score (nSPS) is 20.0. The molecule has 1 N–H and O–H groups in total. The van der Waals surface area contributed by atoms with E-state index >= 15 is 0 Å². The zero-order chi connectivity index (χ0) is 22.4. The van der Waals surface area contributed by atoms with E-state index in [0.717, 1.165) is 17.6 Å². The number of aliphatic hydroxyl groups is 1. The maximum absolute atomic E-state index is 13.3. The third-order valence-corrected chi connectivity index (χ3v) is 5.88. The number of likely N-dealkylation sites (tertiary alicyclic amines) is 1. The minimum atomic E-state index is -4.66. The monoisotopic (exact) mass is 434 g/mol. The Morgan fingerprint density at radius 2 is 1.84 bits per heavy atom. The fourth-order valence-electron chi connectivity index (χ4n) is 4.22. The highest BCUT2D eigenvalue weighted by Gasteiger charge is 2.40. The van der Waals surface area contributed by atoms with Crippen molar-refractivity contribution in [2.24, 2.45) is 0 Å². The van der Waals surface area contributed by atoms with Gasteiger partial charge in [-0.3, -0.25) is 4.90 Å². The Morgan fingerprint density at radius 1 is 1.13 bits per heavy atom. The van der Waals surface area contributed by atoms with Crippen LogP contribution in [0.3, 0.4) is 0 Å². The Hall–Kier alpha value is -2.72. The van der Waals surface area contributed by atoms with Gasteiger partial charge in [-0.2, -0.15) is 17.7 Å². The van der Waals surface area contributed by atoms with Crippen molar-refractivity contribution < 1.29 is 18.3 Å². The van der Waals surface area contributed by atoms with Crippen LogP contribution in [0.2, 0.25) is 0 Å². The number of β-amino-alcohol motifs (C(OH)–C–C–N with tert-alkyl or cyclic N) is 1.